The highest BCUT2D eigenvalue weighted by Gasteiger charge is 2.17. The largest absolute Gasteiger partial charge is 0.397 e. The summed E-state index contributed by atoms with van der Waals surface area (Å²) >= 11 is 0. The fraction of sp³-hybridized carbons (Fsp3) is 0.0952. The first-order valence-electron chi connectivity index (χ1n) is 8.17. The number of carbonyl (C=O) groups is 1. The van der Waals surface area contributed by atoms with Crippen molar-refractivity contribution in [3.8, 4) is 0 Å². The lowest BCUT2D eigenvalue weighted by molar-refractivity contribution is 0.250. The van der Waals surface area contributed by atoms with E-state index in [-0.39, 0.29) is 12.1 Å². The monoisotopic (exact) mass is 331 g/mol. The van der Waals surface area contributed by atoms with Gasteiger partial charge >= 0.3 is 6.03 Å². The number of hydrogen-bond donors (Lipinski definition) is 3. The molecular weight excluding hydrogens is 310 g/mol. The van der Waals surface area contributed by atoms with Crippen LogP contribution in [0, 0.1) is 6.92 Å². The third-order valence-electron chi connectivity index (χ3n) is 4.00. The van der Waals surface area contributed by atoms with Gasteiger partial charge in [-0.25, -0.2) is 4.79 Å². The van der Waals surface area contributed by atoms with E-state index < -0.39 is 0 Å². The van der Waals surface area contributed by atoms with Crippen LogP contribution in [0.3, 0.4) is 0 Å². The average Bonchev–Trinajstić information content (AvgIpc) is 2.63. The molecule has 0 heterocycles. The number of amides is 2. The molecule has 0 aliphatic carbocycles. The number of aryl methyl sites for hydroxylation is 1. The number of anilines is 2. The first kappa shape index (κ1) is 16.6. The van der Waals surface area contributed by atoms with Crippen LogP contribution >= 0.6 is 0 Å². The summed E-state index contributed by atoms with van der Waals surface area (Å²) in [7, 11) is 0. The quantitative estimate of drug-likeness (QED) is 0.617. The van der Waals surface area contributed by atoms with Crippen molar-refractivity contribution >= 4 is 17.4 Å². The lowest BCUT2D eigenvalue weighted by Gasteiger charge is -2.20. The van der Waals surface area contributed by atoms with Crippen molar-refractivity contribution < 1.29 is 4.79 Å². The van der Waals surface area contributed by atoms with Crippen LogP contribution in [0.15, 0.2) is 78.9 Å². The number of urea groups is 1. The first-order chi connectivity index (χ1) is 12.1. The molecule has 3 aromatic carbocycles. The van der Waals surface area contributed by atoms with Gasteiger partial charge in [-0.3, -0.25) is 0 Å². The van der Waals surface area contributed by atoms with E-state index in [4.69, 9.17) is 5.73 Å². The number of carbonyl (C=O) groups excluding carboxylic acids is 1. The fourth-order valence-corrected chi connectivity index (χ4v) is 2.74. The second kappa shape index (κ2) is 7.53. The molecule has 0 radical (unpaired) electrons. The van der Waals surface area contributed by atoms with Gasteiger partial charge in [-0.2, -0.15) is 0 Å². The molecule has 0 aliphatic heterocycles. The molecule has 0 spiro atoms. The van der Waals surface area contributed by atoms with E-state index in [1.165, 1.54) is 0 Å². The Morgan fingerprint density at radius 3 is 1.96 bits per heavy atom. The maximum absolute atomic E-state index is 12.5. The summed E-state index contributed by atoms with van der Waals surface area (Å²) in [6.07, 6.45) is 0. The summed E-state index contributed by atoms with van der Waals surface area (Å²) in [5, 5.41) is 5.87. The van der Waals surface area contributed by atoms with Gasteiger partial charge in [-0.15, -0.1) is 0 Å². The first-order valence-corrected chi connectivity index (χ1v) is 8.17. The van der Waals surface area contributed by atoms with Crippen LogP contribution in [-0.2, 0) is 0 Å². The number of rotatable bonds is 4. The average molecular weight is 331 g/mol. The minimum Gasteiger partial charge on any atom is -0.397 e. The topological polar surface area (TPSA) is 67.2 Å². The molecule has 4 N–H and O–H groups in total. The molecule has 4 nitrogen and oxygen atoms in total. The van der Waals surface area contributed by atoms with Crippen LogP contribution in [0.5, 0.6) is 0 Å². The van der Waals surface area contributed by atoms with Crippen LogP contribution < -0.4 is 16.4 Å². The normalized spacial score (nSPS) is 10.5. The minimum absolute atomic E-state index is 0.242. The van der Waals surface area contributed by atoms with E-state index in [9.17, 15) is 4.79 Å². The Morgan fingerprint density at radius 1 is 0.880 bits per heavy atom. The maximum atomic E-state index is 12.5. The Labute approximate surface area is 147 Å². The molecule has 0 aliphatic rings. The standard InChI is InChI=1S/C21H21N3O/c1-15-12-13-19(18(22)14-15)23-21(25)24-20(16-8-4-2-5-9-16)17-10-6-3-7-11-17/h2-14,20H,22H2,1H3,(H2,23,24,25). The number of nitrogens with two attached hydrogens (primary N) is 1. The zero-order chi connectivity index (χ0) is 17.6. The zero-order valence-electron chi connectivity index (χ0n) is 14.1. The molecule has 0 saturated carbocycles. The van der Waals surface area contributed by atoms with E-state index in [0.717, 1.165) is 16.7 Å². The highest BCUT2D eigenvalue weighted by Crippen LogP contribution is 2.23. The Kier molecular flexibility index (Phi) is 5.00. The van der Waals surface area contributed by atoms with Crippen LogP contribution in [0.2, 0.25) is 0 Å². The highest BCUT2D eigenvalue weighted by molar-refractivity contribution is 5.93. The van der Waals surface area contributed by atoms with Gasteiger partial charge < -0.3 is 16.4 Å². The molecule has 126 valence electrons. The predicted molar refractivity (Wildman–Crippen MR) is 102 cm³/mol. The smallest absolute Gasteiger partial charge is 0.320 e. The second-order valence-electron chi connectivity index (χ2n) is 5.94. The number of nitrogen functional groups attached to an aromatic ring is 1. The summed E-state index contributed by atoms with van der Waals surface area (Å²) in [6.45, 7) is 1.96. The van der Waals surface area contributed by atoms with Crippen LogP contribution in [0.25, 0.3) is 0 Å². The summed E-state index contributed by atoms with van der Waals surface area (Å²) in [6, 6.07) is 24.8. The van der Waals surface area contributed by atoms with Crippen molar-refractivity contribution in [1.29, 1.82) is 0 Å². The molecule has 3 aromatic rings. The van der Waals surface area contributed by atoms with Crippen molar-refractivity contribution in [1.82, 2.24) is 5.32 Å². The Morgan fingerprint density at radius 2 is 1.44 bits per heavy atom. The van der Waals surface area contributed by atoms with Gasteiger partial charge in [-0.05, 0) is 35.7 Å². The molecule has 0 fully saturated rings. The molecule has 3 rings (SSSR count). The zero-order valence-corrected chi connectivity index (χ0v) is 14.1. The van der Waals surface area contributed by atoms with E-state index in [1.807, 2.05) is 85.8 Å². The fourth-order valence-electron chi connectivity index (χ4n) is 2.74. The summed E-state index contributed by atoms with van der Waals surface area (Å²) < 4.78 is 0. The Bertz CT molecular complexity index is 808. The van der Waals surface area contributed by atoms with Gasteiger partial charge in [0, 0.05) is 0 Å². The Balaban J connectivity index is 1.82. The van der Waals surface area contributed by atoms with Crippen molar-refractivity contribution in [2.24, 2.45) is 0 Å². The third-order valence-corrected chi connectivity index (χ3v) is 4.00. The van der Waals surface area contributed by atoms with Crippen molar-refractivity contribution in [2.45, 2.75) is 13.0 Å². The van der Waals surface area contributed by atoms with Crippen molar-refractivity contribution in [3.63, 3.8) is 0 Å². The second-order valence-corrected chi connectivity index (χ2v) is 5.94. The SMILES string of the molecule is Cc1ccc(NC(=O)NC(c2ccccc2)c2ccccc2)c(N)c1. The van der Waals surface area contributed by atoms with E-state index >= 15 is 0 Å². The highest BCUT2D eigenvalue weighted by atomic mass is 16.2. The molecule has 0 aromatic heterocycles. The Hall–Kier alpha value is -3.27. The molecular formula is C21H21N3O. The van der Waals surface area contributed by atoms with E-state index in [0.29, 0.717) is 11.4 Å². The van der Waals surface area contributed by atoms with Crippen molar-refractivity contribution in [2.75, 3.05) is 11.1 Å². The maximum Gasteiger partial charge on any atom is 0.320 e. The molecule has 0 bridgehead atoms. The van der Waals surface area contributed by atoms with Crippen LogP contribution in [0.1, 0.15) is 22.7 Å². The van der Waals surface area contributed by atoms with Crippen molar-refractivity contribution in [3.05, 3.63) is 95.6 Å². The van der Waals surface area contributed by atoms with Gasteiger partial charge in [-0.1, -0.05) is 66.7 Å². The van der Waals surface area contributed by atoms with Gasteiger partial charge in [0.25, 0.3) is 0 Å². The molecule has 0 atom stereocenters. The predicted octanol–water partition coefficient (Wildman–Crippen LogP) is 4.49. The molecule has 4 heteroatoms. The van der Waals surface area contributed by atoms with E-state index in [1.54, 1.807) is 0 Å². The molecule has 25 heavy (non-hydrogen) atoms. The van der Waals surface area contributed by atoms with Gasteiger partial charge in [0.05, 0.1) is 17.4 Å². The van der Waals surface area contributed by atoms with Gasteiger partial charge in [0.15, 0.2) is 0 Å². The van der Waals surface area contributed by atoms with Crippen LogP contribution in [0.4, 0.5) is 16.2 Å². The van der Waals surface area contributed by atoms with Crippen LogP contribution in [-0.4, -0.2) is 6.03 Å². The summed E-state index contributed by atoms with van der Waals surface area (Å²) in [4.78, 5) is 12.5. The lowest BCUT2D eigenvalue weighted by atomic mass is 9.99. The van der Waals surface area contributed by atoms with Gasteiger partial charge in [0.2, 0.25) is 0 Å². The number of nitrogens with one attached hydrogen (secondary N) is 2. The molecule has 0 unspecified atom stereocenters. The van der Waals surface area contributed by atoms with E-state index in [2.05, 4.69) is 10.6 Å². The number of benzene rings is 3. The van der Waals surface area contributed by atoms with Gasteiger partial charge in [0.1, 0.15) is 0 Å². The molecule has 2 amide bonds. The summed E-state index contributed by atoms with van der Waals surface area (Å²) in [5.41, 5.74) is 10.2. The third kappa shape index (κ3) is 4.18. The summed E-state index contributed by atoms with van der Waals surface area (Å²) in [5.74, 6) is 0. The number of hydrogen-bond acceptors (Lipinski definition) is 2. The minimum atomic E-state index is -0.298. The molecule has 0 saturated heterocycles. The lowest BCUT2D eigenvalue weighted by Crippen LogP contribution is -2.33.